The molecule has 0 saturated carbocycles. The number of hydrogen-bond acceptors (Lipinski definition) is 1. The van der Waals surface area contributed by atoms with Gasteiger partial charge in [-0.3, -0.25) is 4.79 Å². The van der Waals surface area contributed by atoms with Gasteiger partial charge in [0.05, 0.1) is 5.56 Å². The maximum absolute atomic E-state index is 13.2. The molecule has 0 spiro atoms. The molecule has 0 unspecified atom stereocenters. The Labute approximate surface area is 102 Å². The van der Waals surface area contributed by atoms with E-state index in [1.54, 1.807) is 0 Å². The lowest BCUT2D eigenvalue weighted by molar-refractivity contribution is -0.140. The Bertz CT molecular complexity index is 443. The second-order valence-corrected chi connectivity index (χ2v) is 4.17. The molecule has 1 N–H and O–H groups in total. The minimum absolute atomic E-state index is 0.0367. The molecule has 2 nitrogen and oxygen atoms in total. The van der Waals surface area contributed by atoms with Crippen LogP contribution in [0.2, 0.25) is 0 Å². The third-order valence-corrected chi connectivity index (χ3v) is 2.79. The lowest BCUT2D eigenvalue weighted by Gasteiger charge is -2.11. The summed E-state index contributed by atoms with van der Waals surface area (Å²) in [4.78, 5) is 10.3. The van der Waals surface area contributed by atoms with E-state index >= 15 is 0 Å². The standard InChI is InChI=1S/C10H7BrF4O2/c11-7-4-6(10(13,14)15)8(12)3-5(7)1-2-9(16)17/h3-4H,1-2H2,(H,16,17). The quantitative estimate of drug-likeness (QED) is 0.865. The van der Waals surface area contributed by atoms with Crippen LogP contribution < -0.4 is 0 Å². The number of carboxylic acids is 1. The molecule has 0 amide bonds. The number of halogens is 5. The van der Waals surface area contributed by atoms with Crippen molar-refractivity contribution in [3.8, 4) is 0 Å². The normalized spacial score (nSPS) is 11.6. The molecular formula is C10H7BrF4O2. The van der Waals surface area contributed by atoms with Crippen molar-refractivity contribution in [2.45, 2.75) is 19.0 Å². The number of alkyl halides is 3. The van der Waals surface area contributed by atoms with Crippen LogP contribution in [-0.2, 0) is 17.4 Å². The Kier molecular flexibility index (Phi) is 4.13. The van der Waals surface area contributed by atoms with E-state index < -0.39 is 23.5 Å². The van der Waals surface area contributed by atoms with E-state index in [4.69, 9.17) is 5.11 Å². The predicted octanol–water partition coefficient (Wildman–Crippen LogP) is 3.62. The topological polar surface area (TPSA) is 37.3 Å². The first-order valence-corrected chi connectivity index (χ1v) is 5.28. The second-order valence-electron chi connectivity index (χ2n) is 3.31. The number of carbonyl (C=O) groups is 1. The Hall–Kier alpha value is -1.11. The third-order valence-electron chi connectivity index (χ3n) is 2.05. The summed E-state index contributed by atoms with van der Waals surface area (Å²) in [6, 6.07) is 1.32. The minimum Gasteiger partial charge on any atom is -0.481 e. The summed E-state index contributed by atoms with van der Waals surface area (Å²) in [5.74, 6) is -2.50. The number of rotatable bonds is 3. The summed E-state index contributed by atoms with van der Waals surface area (Å²) in [7, 11) is 0. The summed E-state index contributed by atoms with van der Waals surface area (Å²) in [6.07, 6.45) is -5.08. The highest BCUT2D eigenvalue weighted by atomic mass is 79.9. The first kappa shape index (κ1) is 14.0. The third kappa shape index (κ3) is 3.69. The van der Waals surface area contributed by atoms with Crippen molar-refractivity contribution >= 4 is 21.9 Å². The minimum atomic E-state index is -4.77. The fourth-order valence-electron chi connectivity index (χ4n) is 1.24. The lowest BCUT2D eigenvalue weighted by Crippen LogP contribution is -2.09. The summed E-state index contributed by atoms with van der Waals surface area (Å²) < 4.78 is 50.2. The Morgan fingerprint density at radius 2 is 1.94 bits per heavy atom. The average Bonchev–Trinajstić information content (AvgIpc) is 2.17. The Balaban J connectivity index is 3.06. The van der Waals surface area contributed by atoms with E-state index in [-0.39, 0.29) is 22.9 Å². The lowest BCUT2D eigenvalue weighted by atomic mass is 10.1. The molecule has 1 rings (SSSR count). The molecule has 0 aromatic heterocycles. The molecule has 1 aromatic carbocycles. The zero-order chi connectivity index (χ0) is 13.2. The first-order chi connectivity index (χ1) is 7.71. The van der Waals surface area contributed by atoms with Crippen molar-refractivity contribution < 1.29 is 27.5 Å². The second kappa shape index (κ2) is 5.03. The van der Waals surface area contributed by atoms with Crippen LogP contribution in [-0.4, -0.2) is 11.1 Å². The molecule has 17 heavy (non-hydrogen) atoms. The number of benzene rings is 1. The van der Waals surface area contributed by atoms with Gasteiger partial charge in [0.2, 0.25) is 0 Å². The maximum Gasteiger partial charge on any atom is 0.419 e. The Morgan fingerprint density at radius 1 is 1.35 bits per heavy atom. The van der Waals surface area contributed by atoms with Crippen molar-refractivity contribution in [3.05, 3.63) is 33.5 Å². The molecule has 0 atom stereocenters. The highest BCUT2D eigenvalue weighted by Gasteiger charge is 2.34. The SMILES string of the molecule is O=C(O)CCc1cc(F)c(C(F)(F)F)cc1Br. The van der Waals surface area contributed by atoms with Crippen LogP contribution in [0.1, 0.15) is 17.5 Å². The summed E-state index contributed by atoms with van der Waals surface area (Å²) >= 11 is 2.86. The van der Waals surface area contributed by atoms with E-state index in [0.717, 1.165) is 0 Å². The van der Waals surface area contributed by atoms with E-state index in [1.165, 1.54) is 0 Å². The van der Waals surface area contributed by atoms with Crippen LogP contribution in [0.3, 0.4) is 0 Å². The van der Waals surface area contributed by atoms with Gasteiger partial charge in [0.25, 0.3) is 0 Å². The highest BCUT2D eigenvalue weighted by molar-refractivity contribution is 9.10. The number of aryl methyl sites for hydroxylation is 1. The monoisotopic (exact) mass is 314 g/mol. The fourth-order valence-corrected chi connectivity index (χ4v) is 1.78. The van der Waals surface area contributed by atoms with Gasteiger partial charge in [-0.05, 0) is 24.1 Å². The van der Waals surface area contributed by atoms with Crippen LogP contribution in [0, 0.1) is 5.82 Å². The molecule has 0 aliphatic rings. The highest BCUT2D eigenvalue weighted by Crippen LogP contribution is 2.34. The van der Waals surface area contributed by atoms with Crippen molar-refractivity contribution in [1.29, 1.82) is 0 Å². The molecule has 1 aromatic rings. The average molecular weight is 315 g/mol. The van der Waals surface area contributed by atoms with Crippen LogP contribution in [0.15, 0.2) is 16.6 Å². The van der Waals surface area contributed by atoms with E-state index in [1.807, 2.05) is 0 Å². The van der Waals surface area contributed by atoms with Crippen molar-refractivity contribution in [2.24, 2.45) is 0 Å². The van der Waals surface area contributed by atoms with Gasteiger partial charge in [0.1, 0.15) is 5.82 Å². The maximum atomic E-state index is 13.2. The molecular weight excluding hydrogens is 308 g/mol. The molecule has 0 fully saturated rings. The van der Waals surface area contributed by atoms with Crippen LogP contribution >= 0.6 is 15.9 Å². The molecule has 94 valence electrons. The molecule has 7 heteroatoms. The van der Waals surface area contributed by atoms with E-state index in [9.17, 15) is 22.4 Å². The van der Waals surface area contributed by atoms with E-state index in [0.29, 0.717) is 12.1 Å². The Morgan fingerprint density at radius 3 is 2.41 bits per heavy atom. The van der Waals surface area contributed by atoms with Gasteiger partial charge >= 0.3 is 12.1 Å². The van der Waals surface area contributed by atoms with Crippen LogP contribution in [0.25, 0.3) is 0 Å². The van der Waals surface area contributed by atoms with Gasteiger partial charge in [0, 0.05) is 10.9 Å². The van der Waals surface area contributed by atoms with Gasteiger partial charge < -0.3 is 5.11 Å². The number of carboxylic acid groups (broad SMARTS) is 1. The first-order valence-electron chi connectivity index (χ1n) is 4.48. The predicted molar refractivity (Wildman–Crippen MR) is 55.1 cm³/mol. The van der Waals surface area contributed by atoms with Gasteiger partial charge in [-0.25, -0.2) is 4.39 Å². The molecule has 0 saturated heterocycles. The molecule has 0 aliphatic carbocycles. The fraction of sp³-hybridized carbons (Fsp3) is 0.300. The summed E-state index contributed by atoms with van der Waals surface area (Å²) in [5.41, 5.74) is -1.18. The molecule has 0 radical (unpaired) electrons. The summed E-state index contributed by atoms with van der Waals surface area (Å²) in [5, 5.41) is 8.43. The zero-order valence-corrected chi connectivity index (χ0v) is 9.90. The van der Waals surface area contributed by atoms with Crippen LogP contribution in [0.4, 0.5) is 17.6 Å². The van der Waals surface area contributed by atoms with Crippen molar-refractivity contribution in [3.63, 3.8) is 0 Å². The number of aliphatic carboxylic acids is 1. The zero-order valence-electron chi connectivity index (χ0n) is 8.31. The van der Waals surface area contributed by atoms with E-state index in [2.05, 4.69) is 15.9 Å². The van der Waals surface area contributed by atoms with Gasteiger partial charge in [-0.1, -0.05) is 15.9 Å². The van der Waals surface area contributed by atoms with Crippen molar-refractivity contribution in [2.75, 3.05) is 0 Å². The molecule has 0 aliphatic heterocycles. The molecule has 0 heterocycles. The number of hydrogen-bond donors (Lipinski definition) is 1. The van der Waals surface area contributed by atoms with Gasteiger partial charge in [-0.2, -0.15) is 13.2 Å². The van der Waals surface area contributed by atoms with Crippen LogP contribution in [0.5, 0.6) is 0 Å². The van der Waals surface area contributed by atoms with Gasteiger partial charge in [-0.15, -0.1) is 0 Å². The van der Waals surface area contributed by atoms with Gasteiger partial charge in [0.15, 0.2) is 0 Å². The smallest absolute Gasteiger partial charge is 0.419 e. The molecule has 0 bridgehead atoms. The largest absolute Gasteiger partial charge is 0.481 e. The van der Waals surface area contributed by atoms with Crippen molar-refractivity contribution in [1.82, 2.24) is 0 Å². The summed E-state index contributed by atoms with van der Waals surface area (Å²) in [6.45, 7) is 0.